The van der Waals surface area contributed by atoms with E-state index >= 15 is 0 Å². The smallest absolute Gasteiger partial charge is 0.242 e. The lowest BCUT2D eigenvalue weighted by Crippen LogP contribution is -2.49. The molecular formula is C21H24Cl2N2O2. The summed E-state index contributed by atoms with van der Waals surface area (Å²) in [6.45, 7) is 5.83. The molecule has 2 amide bonds. The molecular weight excluding hydrogens is 383 g/mol. The molecule has 0 radical (unpaired) electrons. The number of nitrogens with zero attached hydrogens (tertiary/aromatic N) is 1. The van der Waals surface area contributed by atoms with Gasteiger partial charge in [0.05, 0.1) is 6.42 Å². The van der Waals surface area contributed by atoms with Crippen LogP contribution in [-0.2, 0) is 22.6 Å². The summed E-state index contributed by atoms with van der Waals surface area (Å²) in [5.41, 5.74) is 1.51. The lowest BCUT2D eigenvalue weighted by Gasteiger charge is -2.29. The van der Waals surface area contributed by atoms with Gasteiger partial charge >= 0.3 is 0 Å². The minimum absolute atomic E-state index is 0.00774. The molecule has 6 heteroatoms. The Morgan fingerprint density at radius 1 is 0.963 bits per heavy atom. The second-order valence-electron chi connectivity index (χ2n) is 6.72. The summed E-state index contributed by atoms with van der Waals surface area (Å²) in [6, 6.07) is 14.1. The second-order valence-corrected chi connectivity index (χ2v) is 7.54. The number of amides is 2. The average molecular weight is 407 g/mol. The number of rotatable bonds is 7. The molecule has 1 atom stereocenters. The van der Waals surface area contributed by atoms with Crippen molar-refractivity contribution in [2.45, 2.75) is 45.8 Å². The van der Waals surface area contributed by atoms with Gasteiger partial charge in [-0.05, 0) is 44.0 Å². The van der Waals surface area contributed by atoms with E-state index in [9.17, 15) is 9.59 Å². The molecule has 27 heavy (non-hydrogen) atoms. The highest BCUT2D eigenvalue weighted by Gasteiger charge is 2.27. The van der Waals surface area contributed by atoms with Crippen molar-refractivity contribution >= 4 is 35.0 Å². The Labute approximate surface area is 170 Å². The van der Waals surface area contributed by atoms with Crippen LogP contribution in [0.25, 0.3) is 0 Å². The molecule has 0 fully saturated rings. The first-order valence-electron chi connectivity index (χ1n) is 8.86. The summed E-state index contributed by atoms with van der Waals surface area (Å²) in [5.74, 6) is -0.403. The molecule has 2 aromatic carbocycles. The van der Waals surface area contributed by atoms with Gasteiger partial charge in [-0.1, -0.05) is 59.6 Å². The minimum Gasteiger partial charge on any atom is -0.352 e. The van der Waals surface area contributed by atoms with Crippen LogP contribution in [0.3, 0.4) is 0 Å². The Morgan fingerprint density at radius 2 is 1.56 bits per heavy atom. The molecule has 0 aliphatic heterocycles. The van der Waals surface area contributed by atoms with Crippen molar-refractivity contribution in [1.82, 2.24) is 10.2 Å². The predicted molar refractivity (Wildman–Crippen MR) is 110 cm³/mol. The fraction of sp³-hybridized carbons (Fsp3) is 0.333. The number of halogens is 2. The highest BCUT2D eigenvalue weighted by atomic mass is 35.5. The Hall–Kier alpha value is -2.04. The van der Waals surface area contributed by atoms with E-state index in [0.717, 1.165) is 5.56 Å². The van der Waals surface area contributed by atoms with Crippen LogP contribution in [0.4, 0.5) is 0 Å². The number of benzene rings is 2. The summed E-state index contributed by atoms with van der Waals surface area (Å²) in [5, 5.41) is 3.74. The predicted octanol–water partition coefficient (Wildman–Crippen LogP) is 4.48. The molecule has 0 aliphatic carbocycles. The topological polar surface area (TPSA) is 49.4 Å². The highest BCUT2D eigenvalue weighted by molar-refractivity contribution is 6.36. The van der Waals surface area contributed by atoms with E-state index in [0.29, 0.717) is 22.2 Å². The molecule has 0 bridgehead atoms. The van der Waals surface area contributed by atoms with Crippen molar-refractivity contribution in [3.8, 4) is 0 Å². The summed E-state index contributed by atoms with van der Waals surface area (Å²) in [6.07, 6.45) is 0.0324. The number of hydrogen-bond acceptors (Lipinski definition) is 2. The maximum Gasteiger partial charge on any atom is 0.242 e. The Balaban J connectivity index is 2.27. The molecule has 0 spiro atoms. The van der Waals surface area contributed by atoms with Crippen molar-refractivity contribution in [3.63, 3.8) is 0 Å². The lowest BCUT2D eigenvalue weighted by atomic mass is 10.1. The van der Waals surface area contributed by atoms with Gasteiger partial charge in [0, 0.05) is 22.6 Å². The molecule has 0 heterocycles. The third kappa shape index (κ3) is 5.98. The normalized spacial score (nSPS) is 11.9. The van der Waals surface area contributed by atoms with Crippen LogP contribution in [0.5, 0.6) is 0 Å². The minimum atomic E-state index is -0.624. The molecule has 144 valence electrons. The maximum absolute atomic E-state index is 13.1. The first-order valence-corrected chi connectivity index (χ1v) is 9.61. The van der Waals surface area contributed by atoms with Gasteiger partial charge in [0.15, 0.2) is 0 Å². The number of hydrogen-bond donors (Lipinski definition) is 1. The number of carbonyl (C=O) groups is 2. The largest absolute Gasteiger partial charge is 0.352 e. The molecule has 1 N–H and O–H groups in total. The van der Waals surface area contributed by atoms with Crippen LogP contribution in [0.1, 0.15) is 31.9 Å². The quantitative estimate of drug-likeness (QED) is 0.736. The van der Waals surface area contributed by atoms with E-state index in [-0.39, 0.29) is 24.3 Å². The maximum atomic E-state index is 13.1. The molecule has 0 saturated heterocycles. The fourth-order valence-electron chi connectivity index (χ4n) is 2.72. The summed E-state index contributed by atoms with van der Waals surface area (Å²) in [4.78, 5) is 27.2. The van der Waals surface area contributed by atoms with Crippen LogP contribution in [-0.4, -0.2) is 28.8 Å². The van der Waals surface area contributed by atoms with Gasteiger partial charge in [-0.3, -0.25) is 9.59 Å². The van der Waals surface area contributed by atoms with Gasteiger partial charge in [-0.15, -0.1) is 0 Å². The van der Waals surface area contributed by atoms with E-state index in [4.69, 9.17) is 23.2 Å². The van der Waals surface area contributed by atoms with Crippen LogP contribution >= 0.6 is 23.2 Å². The van der Waals surface area contributed by atoms with E-state index in [2.05, 4.69) is 5.32 Å². The first-order chi connectivity index (χ1) is 12.8. The van der Waals surface area contributed by atoms with Gasteiger partial charge in [-0.25, -0.2) is 0 Å². The Bertz CT molecular complexity index is 774. The van der Waals surface area contributed by atoms with Crippen LogP contribution < -0.4 is 5.32 Å². The summed E-state index contributed by atoms with van der Waals surface area (Å²) >= 11 is 12.4. The van der Waals surface area contributed by atoms with Gasteiger partial charge in [-0.2, -0.15) is 0 Å². The van der Waals surface area contributed by atoms with Gasteiger partial charge in [0.25, 0.3) is 0 Å². The van der Waals surface area contributed by atoms with Crippen molar-refractivity contribution in [3.05, 3.63) is 69.7 Å². The molecule has 0 aliphatic rings. The van der Waals surface area contributed by atoms with Crippen molar-refractivity contribution in [1.29, 1.82) is 0 Å². The van der Waals surface area contributed by atoms with Gasteiger partial charge < -0.3 is 10.2 Å². The van der Waals surface area contributed by atoms with E-state index in [1.54, 1.807) is 30.0 Å². The third-order valence-corrected chi connectivity index (χ3v) is 4.89. The van der Waals surface area contributed by atoms with Crippen molar-refractivity contribution < 1.29 is 9.59 Å². The lowest BCUT2D eigenvalue weighted by molar-refractivity contribution is -0.140. The molecule has 4 nitrogen and oxygen atoms in total. The molecule has 2 aromatic rings. The van der Waals surface area contributed by atoms with Gasteiger partial charge in [0.2, 0.25) is 11.8 Å². The summed E-state index contributed by atoms with van der Waals surface area (Å²) < 4.78 is 0. The Kier molecular flexibility index (Phi) is 7.69. The van der Waals surface area contributed by atoms with Crippen LogP contribution in [0.2, 0.25) is 10.0 Å². The third-order valence-electron chi connectivity index (χ3n) is 4.18. The summed E-state index contributed by atoms with van der Waals surface area (Å²) in [7, 11) is 0. The monoisotopic (exact) mass is 406 g/mol. The average Bonchev–Trinajstić information content (AvgIpc) is 2.62. The van der Waals surface area contributed by atoms with Gasteiger partial charge in [0.1, 0.15) is 6.04 Å². The Morgan fingerprint density at radius 3 is 2.11 bits per heavy atom. The zero-order chi connectivity index (χ0) is 20.0. The van der Waals surface area contributed by atoms with Crippen LogP contribution in [0, 0.1) is 0 Å². The number of carbonyl (C=O) groups excluding carboxylic acids is 2. The number of nitrogens with one attached hydrogen (secondary N) is 1. The van der Waals surface area contributed by atoms with Crippen LogP contribution in [0.15, 0.2) is 48.5 Å². The van der Waals surface area contributed by atoms with Crippen molar-refractivity contribution in [2.75, 3.05) is 0 Å². The highest BCUT2D eigenvalue weighted by Crippen LogP contribution is 2.25. The molecule has 0 saturated carbocycles. The first kappa shape index (κ1) is 21.3. The fourth-order valence-corrected chi connectivity index (χ4v) is 3.25. The van der Waals surface area contributed by atoms with E-state index in [1.807, 2.05) is 44.2 Å². The van der Waals surface area contributed by atoms with Crippen molar-refractivity contribution in [2.24, 2.45) is 0 Å². The zero-order valence-electron chi connectivity index (χ0n) is 15.7. The zero-order valence-corrected chi connectivity index (χ0v) is 17.2. The molecule has 0 unspecified atom stereocenters. The standard InChI is InChI=1S/C21H24Cl2N2O2/c1-14(2)24-21(27)15(3)25(13-16-8-5-4-6-9-16)20(26)12-17-18(22)10-7-11-19(17)23/h4-11,14-15H,12-13H2,1-3H3,(H,24,27)/t15-/m0/s1. The van der Waals surface area contributed by atoms with E-state index < -0.39 is 6.04 Å². The molecule has 2 rings (SSSR count). The molecule has 0 aromatic heterocycles. The SMILES string of the molecule is CC(C)NC(=O)[C@H](C)N(Cc1ccccc1)C(=O)Cc1c(Cl)cccc1Cl. The van der Waals surface area contributed by atoms with E-state index in [1.165, 1.54) is 0 Å². The second kappa shape index (κ2) is 9.77.